The molecule has 19 heavy (non-hydrogen) atoms. The quantitative estimate of drug-likeness (QED) is 0.626. The number of amides is 1. The van der Waals surface area contributed by atoms with Crippen LogP contribution in [0.5, 0.6) is 0 Å². The molecule has 1 aliphatic rings. The first-order valence-electron chi connectivity index (χ1n) is 5.82. The summed E-state index contributed by atoms with van der Waals surface area (Å²) in [5.74, 6) is -0.0251. The van der Waals surface area contributed by atoms with E-state index in [2.05, 4.69) is 5.32 Å². The summed E-state index contributed by atoms with van der Waals surface area (Å²) >= 11 is 0. The average molecular weight is 260 g/mol. The van der Waals surface area contributed by atoms with E-state index in [4.69, 9.17) is 5.26 Å². The third kappa shape index (κ3) is 2.80. The number of nitrogens with one attached hydrogen (secondary N) is 1. The maximum Gasteiger partial charge on any atom is 0.270 e. The normalized spacial score (nSPS) is 15.3. The smallest absolute Gasteiger partial charge is 0.270 e. The van der Waals surface area contributed by atoms with Crippen LogP contribution in [0.25, 0.3) is 0 Å². The van der Waals surface area contributed by atoms with Gasteiger partial charge in [-0.05, 0) is 6.07 Å². The van der Waals surface area contributed by atoms with Crippen LogP contribution in [-0.4, -0.2) is 30.5 Å². The molecule has 0 aromatic heterocycles. The second-order valence-electron chi connectivity index (χ2n) is 4.16. The summed E-state index contributed by atoms with van der Waals surface area (Å²) < 4.78 is 0. The van der Waals surface area contributed by atoms with Crippen LogP contribution in [0, 0.1) is 21.4 Å². The van der Waals surface area contributed by atoms with Crippen LogP contribution in [0.2, 0.25) is 0 Å². The van der Waals surface area contributed by atoms with E-state index in [0.717, 1.165) is 0 Å². The third-order valence-electron chi connectivity index (χ3n) is 2.96. The Balaban J connectivity index is 2.31. The molecule has 1 saturated heterocycles. The number of nitro groups is 1. The first kappa shape index (κ1) is 12.8. The molecule has 0 radical (unpaired) electrons. The fraction of sp³-hybridized carbons (Fsp3) is 0.333. The first-order valence-corrected chi connectivity index (χ1v) is 5.82. The van der Waals surface area contributed by atoms with Crippen molar-refractivity contribution in [3.05, 3.63) is 33.9 Å². The van der Waals surface area contributed by atoms with Gasteiger partial charge < -0.3 is 10.2 Å². The lowest BCUT2D eigenvalue weighted by Gasteiger charge is -2.22. The van der Waals surface area contributed by atoms with Crippen LogP contribution in [0.4, 0.5) is 11.4 Å². The lowest BCUT2D eigenvalue weighted by molar-refractivity contribution is -0.384. The number of hydrogen-bond donors (Lipinski definition) is 1. The Morgan fingerprint density at radius 2 is 2.21 bits per heavy atom. The molecule has 1 amide bonds. The highest BCUT2D eigenvalue weighted by molar-refractivity contribution is 5.77. The molecule has 1 aliphatic heterocycles. The number of non-ortho nitro benzene ring substituents is 1. The number of carbonyl (C=O) groups is 1. The van der Waals surface area contributed by atoms with Crippen LogP contribution >= 0.6 is 0 Å². The van der Waals surface area contributed by atoms with E-state index in [0.29, 0.717) is 31.7 Å². The Bertz CT molecular complexity index is 565. The topological polar surface area (TPSA) is 99.3 Å². The second kappa shape index (κ2) is 5.35. The van der Waals surface area contributed by atoms with Gasteiger partial charge in [0.25, 0.3) is 5.69 Å². The number of nitro benzene ring substituents is 1. The summed E-state index contributed by atoms with van der Waals surface area (Å²) in [5, 5.41) is 22.5. The molecule has 7 nitrogen and oxygen atoms in total. The molecule has 0 atom stereocenters. The molecule has 0 unspecified atom stereocenters. The van der Waals surface area contributed by atoms with Crippen LogP contribution < -0.4 is 10.2 Å². The van der Waals surface area contributed by atoms with Gasteiger partial charge in [-0.15, -0.1) is 0 Å². The predicted octanol–water partition coefficient (Wildman–Crippen LogP) is 0.793. The van der Waals surface area contributed by atoms with Gasteiger partial charge in [0.05, 0.1) is 16.2 Å². The van der Waals surface area contributed by atoms with E-state index < -0.39 is 4.92 Å². The minimum atomic E-state index is -0.530. The zero-order valence-corrected chi connectivity index (χ0v) is 10.1. The van der Waals surface area contributed by atoms with Crippen molar-refractivity contribution < 1.29 is 9.72 Å². The van der Waals surface area contributed by atoms with Gasteiger partial charge in [-0.2, -0.15) is 5.26 Å². The molecule has 1 aromatic rings. The zero-order chi connectivity index (χ0) is 13.8. The van der Waals surface area contributed by atoms with E-state index in [-0.39, 0.29) is 17.2 Å². The molecule has 1 N–H and O–H groups in total. The number of hydrogen-bond acceptors (Lipinski definition) is 5. The lowest BCUT2D eigenvalue weighted by atomic mass is 10.1. The third-order valence-corrected chi connectivity index (χ3v) is 2.96. The number of benzene rings is 1. The molecule has 1 fully saturated rings. The monoisotopic (exact) mass is 260 g/mol. The summed E-state index contributed by atoms with van der Waals surface area (Å²) in [6.45, 7) is 1.58. The van der Waals surface area contributed by atoms with Crippen molar-refractivity contribution >= 4 is 17.3 Å². The fourth-order valence-corrected chi connectivity index (χ4v) is 2.01. The van der Waals surface area contributed by atoms with Crippen LogP contribution in [0.15, 0.2) is 18.2 Å². The highest BCUT2D eigenvalue weighted by Gasteiger charge is 2.18. The summed E-state index contributed by atoms with van der Waals surface area (Å²) in [6.07, 6.45) is 0.349. The summed E-state index contributed by atoms with van der Waals surface area (Å²) in [4.78, 5) is 23.3. The Hall–Kier alpha value is -2.62. The van der Waals surface area contributed by atoms with E-state index in [9.17, 15) is 14.9 Å². The van der Waals surface area contributed by atoms with Crippen molar-refractivity contribution in [3.8, 4) is 6.07 Å². The predicted molar refractivity (Wildman–Crippen MR) is 67.7 cm³/mol. The molecule has 2 rings (SSSR count). The minimum absolute atomic E-state index is 0.0251. The molecule has 0 bridgehead atoms. The van der Waals surface area contributed by atoms with Crippen molar-refractivity contribution in [1.29, 1.82) is 5.26 Å². The molecule has 0 aliphatic carbocycles. The number of nitrogens with zero attached hydrogens (tertiary/aromatic N) is 3. The summed E-state index contributed by atoms with van der Waals surface area (Å²) in [6, 6.07) is 6.16. The molecule has 7 heteroatoms. The van der Waals surface area contributed by atoms with Gasteiger partial charge >= 0.3 is 0 Å². The van der Waals surface area contributed by atoms with Crippen molar-refractivity contribution in [2.24, 2.45) is 0 Å². The molecule has 1 heterocycles. The largest absolute Gasteiger partial charge is 0.368 e. The number of nitriles is 1. The van der Waals surface area contributed by atoms with Gasteiger partial charge in [0.15, 0.2) is 0 Å². The van der Waals surface area contributed by atoms with Crippen LogP contribution in [0.3, 0.4) is 0 Å². The van der Waals surface area contributed by atoms with Gasteiger partial charge in [-0.3, -0.25) is 14.9 Å². The highest BCUT2D eigenvalue weighted by atomic mass is 16.6. The van der Waals surface area contributed by atoms with Crippen molar-refractivity contribution in [1.82, 2.24) is 5.32 Å². The first-order chi connectivity index (χ1) is 9.11. The number of carbonyl (C=O) groups excluding carboxylic acids is 1. The summed E-state index contributed by atoms with van der Waals surface area (Å²) in [7, 11) is 0. The highest BCUT2D eigenvalue weighted by Crippen LogP contribution is 2.25. The minimum Gasteiger partial charge on any atom is -0.368 e. The summed E-state index contributed by atoms with van der Waals surface area (Å²) in [5.41, 5.74) is 0.775. The Labute approximate surface area is 109 Å². The van der Waals surface area contributed by atoms with Crippen molar-refractivity contribution in [3.63, 3.8) is 0 Å². The zero-order valence-electron chi connectivity index (χ0n) is 10.1. The standard InChI is InChI=1S/C12H12N4O3/c13-8-9-7-10(16(18)19)1-2-11(9)15-5-3-12(17)14-4-6-15/h1-2,7H,3-6H2,(H,14,17). The van der Waals surface area contributed by atoms with Gasteiger partial charge in [0, 0.05) is 38.2 Å². The van der Waals surface area contributed by atoms with E-state index in [1.807, 2.05) is 11.0 Å². The van der Waals surface area contributed by atoms with E-state index in [1.165, 1.54) is 12.1 Å². The Morgan fingerprint density at radius 3 is 2.89 bits per heavy atom. The van der Waals surface area contributed by atoms with Crippen molar-refractivity contribution in [2.45, 2.75) is 6.42 Å². The molecular weight excluding hydrogens is 248 g/mol. The van der Waals surface area contributed by atoms with Crippen LogP contribution in [0.1, 0.15) is 12.0 Å². The Kier molecular flexibility index (Phi) is 3.61. The fourth-order valence-electron chi connectivity index (χ4n) is 2.01. The lowest BCUT2D eigenvalue weighted by Crippen LogP contribution is -2.28. The number of anilines is 1. The van der Waals surface area contributed by atoms with E-state index in [1.54, 1.807) is 6.07 Å². The van der Waals surface area contributed by atoms with Gasteiger partial charge in [-0.25, -0.2) is 0 Å². The Morgan fingerprint density at radius 1 is 1.42 bits per heavy atom. The van der Waals surface area contributed by atoms with Gasteiger partial charge in [-0.1, -0.05) is 0 Å². The van der Waals surface area contributed by atoms with Gasteiger partial charge in [0.2, 0.25) is 5.91 Å². The molecule has 98 valence electrons. The SMILES string of the molecule is N#Cc1cc([N+](=O)[O-])ccc1N1CCNC(=O)CC1. The van der Waals surface area contributed by atoms with Crippen LogP contribution in [-0.2, 0) is 4.79 Å². The second-order valence-corrected chi connectivity index (χ2v) is 4.16. The molecular formula is C12H12N4O3. The molecule has 0 spiro atoms. The number of rotatable bonds is 2. The molecule has 1 aromatic carbocycles. The molecule has 0 saturated carbocycles. The van der Waals surface area contributed by atoms with Crippen molar-refractivity contribution in [2.75, 3.05) is 24.5 Å². The van der Waals surface area contributed by atoms with Gasteiger partial charge in [0.1, 0.15) is 6.07 Å². The van der Waals surface area contributed by atoms with E-state index >= 15 is 0 Å². The average Bonchev–Trinajstić information content (AvgIpc) is 2.62. The maximum absolute atomic E-state index is 11.3. The maximum atomic E-state index is 11.3.